The van der Waals surface area contributed by atoms with Crippen LogP contribution in [0.1, 0.15) is 28.4 Å². The highest BCUT2D eigenvalue weighted by molar-refractivity contribution is 14.1. The number of nitrogens with one attached hydrogen (secondary N) is 1. The summed E-state index contributed by atoms with van der Waals surface area (Å²) < 4.78 is 12.5. The zero-order valence-corrected chi connectivity index (χ0v) is 21.9. The van der Waals surface area contributed by atoms with Gasteiger partial charge in [0.2, 0.25) is 0 Å². The number of carboxylic acid groups (broad SMARTS) is 1. The molecule has 2 N–H and O–H groups in total. The topological polar surface area (TPSA) is 105 Å². The molecule has 184 valence electrons. The number of hydrogen-bond acceptors (Lipinski definition) is 5. The van der Waals surface area contributed by atoms with Crippen molar-refractivity contribution in [2.45, 2.75) is 13.5 Å². The van der Waals surface area contributed by atoms with E-state index in [9.17, 15) is 19.5 Å². The van der Waals surface area contributed by atoms with Crippen LogP contribution < -0.4 is 19.7 Å². The first kappa shape index (κ1) is 25.5. The first-order chi connectivity index (χ1) is 17.3. The molecular formula is C26H20ClIN2O6. The lowest BCUT2D eigenvalue weighted by Crippen LogP contribution is -2.30. The summed E-state index contributed by atoms with van der Waals surface area (Å²) in [6.45, 7) is 2.35. The maximum Gasteiger partial charge on any atom is 0.335 e. The molecule has 1 aliphatic rings. The molecular weight excluding hydrogens is 599 g/mol. The van der Waals surface area contributed by atoms with Crippen LogP contribution in [0.15, 0.2) is 66.4 Å². The second-order valence-corrected chi connectivity index (χ2v) is 9.26. The van der Waals surface area contributed by atoms with Gasteiger partial charge in [-0.25, -0.2) is 14.5 Å². The van der Waals surface area contributed by atoms with Crippen LogP contribution in [0.25, 0.3) is 6.08 Å². The molecule has 3 aromatic carbocycles. The van der Waals surface area contributed by atoms with E-state index in [1.54, 1.807) is 60.7 Å². The van der Waals surface area contributed by atoms with Crippen LogP contribution in [-0.4, -0.2) is 29.6 Å². The van der Waals surface area contributed by atoms with Crippen LogP contribution in [0.2, 0.25) is 5.02 Å². The molecule has 0 aliphatic carbocycles. The normalized spacial score (nSPS) is 14.2. The van der Waals surface area contributed by atoms with Gasteiger partial charge in [0.1, 0.15) is 12.3 Å². The number of hydrogen-bond donors (Lipinski definition) is 2. The number of urea groups is 1. The fourth-order valence-corrected chi connectivity index (χ4v) is 4.46. The predicted molar refractivity (Wildman–Crippen MR) is 144 cm³/mol. The maximum absolute atomic E-state index is 12.9. The molecule has 1 heterocycles. The van der Waals surface area contributed by atoms with E-state index in [-0.39, 0.29) is 17.9 Å². The number of aromatic carboxylic acids is 1. The quantitative estimate of drug-likeness (QED) is 0.190. The summed E-state index contributed by atoms with van der Waals surface area (Å²) in [5.41, 5.74) is 2.03. The summed E-state index contributed by atoms with van der Waals surface area (Å²) in [6.07, 6.45) is 1.57. The van der Waals surface area contributed by atoms with Gasteiger partial charge in [-0.05, 0) is 95.2 Å². The van der Waals surface area contributed by atoms with E-state index in [1.165, 1.54) is 6.07 Å². The minimum atomic E-state index is -1.01. The lowest BCUT2D eigenvalue weighted by Gasteiger charge is -2.15. The van der Waals surface area contributed by atoms with Gasteiger partial charge in [0.15, 0.2) is 11.5 Å². The molecule has 4 rings (SSSR count). The Balaban J connectivity index is 1.59. The summed E-state index contributed by atoms with van der Waals surface area (Å²) >= 11 is 8.01. The van der Waals surface area contributed by atoms with Gasteiger partial charge in [-0.2, -0.15) is 0 Å². The third kappa shape index (κ3) is 5.63. The van der Waals surface area contributed by atoms with Crippen molar-refractivity contribution >= 4 is 63.9 Å². The highest BCUT2D eigenvalue weighted by atomic mass is 127. The molecule has 8 nitrogen and oxygen atoms in total. The Morgan fingerprint density at radius 2 is 1.86 bits per heavy atom. The van der Waals surface area contributed by atoms with Gasteiger partial charge >= 0.3 is 12.0 Å². The zero-order chi connectivity index (χ0) is 25.8. The van der Waals surface area contributed by atoms with Gasteiger partial charge in [0.05, 0.1) is 21.4 Å². The fraction of sp³-hybridized carbons (Fsp3) is 0.115. The van der Waals surface area contributed by atoms with E-state index in [4.69, 9.17) is 21.1 Å². The molecule has 0 radical (unpaired) electrons. The number of ether oxygens (including phenoxy) is 2. The Hall–Kier alpha value is -3.57. The minimum Gasteiger partial charge on any atom is -0.490 e. The van der Waals surface area contributed by atoms with Crippen LogP contribution in [0, 0.1) is 3.57 Å². The lowest BCUT2D eigenvalue weighted by atomic mass is 10.1. The molecule has 0 saturated carbocycles. The Kier molecular flexibility index (Phi) is 7.80. The number of nitrogens with zero attached hydrogens (tertiary/aromatic N) is 1. The third-order valence-corrected chi connectivity index (χ3v) is 6.22. The van der Waals surface area contributed by atoms with E-state index < -0.39 is 17.9 Å². The van der Waals surface area contributed by atoms with Gasteiger partial charge < -0.3 is 19.9 Å². The van der Waals surface area contributed by atoms with Crippen molar-refractivity contribution in [3.63, 3.8) is 0 Å². The Morgan fingerprint density at radius 3 is 2.56 bits per heavy atom. The molecule has 1 fully saturated rings. The summed E-state index contributed by atoms with van der Waals surface area (Å²) in [7, 11) is 0. The molecule has 1 saturated heterocycles. The molecule has 0 atom stereocenters. The SMILES string of the molecule is CCOc1cc(/C=C2/NC(=O)N(c3ccc(Cl)cc3)C2=O)cc(I)c1OCc1cccc(C(=O)O)c1. The van der Waals surface area contributed by atoms with Crippen LogP contribution in [-0.2, 0) is 11.4 Å². The minimum absolute atomic E-state index is 0.118. The first-order valence-electron chi connectivity index (χ1n) is 10.8. The smallest absolute Gasteiger partial charge is 0.335 e. The van der Waals surface area contributed by atoms with Crippen molar-refractivity contribution in [2.75, 3.05) is 11.5 Å². The Bertz CT molecular complexity index is 1370. The van der Waals surface area contributed by atoms with Crippen LogP contribution in [0.3, 0.4) is 0 Å². The number of carbonyl (C=O) groups is 3. The summed E-state index contributed by atoms with van der Waals surface area (Å²) in [5, 5.41) is 12.3. The second-order valence-electron chi connectivity index (χ2n) is 7.66. The van der Waals surface area contributed by atoms with E-state index in [0.29, 0.717) is 43.5 Å². The fourth-order valence-electron chi connectivity index (χ4n) is 3.55. The zero-order valence-electron chi connectivity index (χ0n) is 19.0. The van der Waals surface area contributed by atoms with Crippen LogP contribution in [0.4, 0.5) is 10.5 Å². The van der Waals surface area contributed by atoms with Gasteiger partial charge in [-0.3, -0.25) is 4.79 Å². The van der Waals surface area contributed by atoms with E-state index in [1.807, 2.05) is 6.92 Å². The molecule has 0 aromatic heterocycles. The average Bonchev–Trinajstić information content (AvgIpc) is 3.12. The van der Waals surface area contributed by atoms with Crippen molar-refractivity contribution < 1.29 is 29.0 Å². The molecule has 36 heavy (non-hydrogen) atoms. The van der Waals surface area contributed by atoms with Gasteiger partial charge in [0, 0.05) is 5.02 Å². The lowest BCUT2D eigenvalue weighted by molar-refractivity contribution is -0.113. The number of amides is 3. The number of halogens is 2. The molecule has 0 bridgehead atoms. The number of rotatable bonds is 8. The Labute approximate surface area is 225 Å². The average molecular weight is 619 g/mol. The van der Waals surface area contributed by atoms with E-state index in [2.05, 4.69) is 27.9 Å². The molecule has 3 amide bonds. The first-order valence-corrected chi connectivity index (χ1v) is 12.3. The molecule has 0 spiro atoms. The summed E-state index contributed by atoms with van der Waals surface area (Å²) in [5.74, 6) is -0.558. The number of carbonyl (C=O) groups excluding carboxylic acids is 2. The summed E-state index contributed by atoms with van der Waals surface area (Å²) in [4.78, 5) is 37.7. The summed E-state index contributed by atoms with van der Waals surface area (Å²) in [6, 6.07) is 15.8. The largest absolute Gasteiger partial charge is 0.490 e. The molecule has 10 heteroatoms. The van der Waals surface area contributed by atoms with Crippen molar-refractivity contribution in [3.05, 3.63) is 91.6 Å². The second kappa shape index (κ2) is 11.0. The number of imide groups is 1. The molecule has 0 unspecified atom stereocenters. The highest BCUT2D eigenvalue weighted by Crippen LogP contribution is 2.36. The van der Waals surface area contributed by atoms with Crippen LogP contribution in [0.5, 0.6) is 11.5 Å². The van der Waals surface area contributed by atoms with E-state index in [0.717, 1.165) is 4.90 Å². The molecule has 1 aliphatic heterocycles. The number of anilines is 1. The third-order valence-electron chi connectivity index (χ3n) is 5.16. The van der Waals surface area contributed by atoms with Crippen molar-refractivity contribution in [1.82, 2.24) is 5.32 Å². The van der Waals surface area contributed by atoms with Gasteiger partial charge in [0.25, 0.3) is 5.91 Å². The Morgan fingerprint density at radius 1 is 1.11 bits per heavy atom. The molecule has 3 aromatic rings. The van der Waals surface area contributed by atoms with Gasteiger partial charge in [-0.15, -0.1) is 0 Å². The highest BCUT2D eigenvalue weighted by Gasteiger charge is 2.34. The van der Waals surface area contributed by atoms with Crippen molar-refractivity contribution in [1.29, 1.82) is 0 Å². The van der Waals surface area contributed by atoms with E-state index >= 15 is 0 Å². The predicted octanol–water partition coefficient (Wildman–Crippen LogP) is 5.72. The van der Waals surface area contributed by atoms with Crippen molar-refractivity contribution in [2.24, 2.45) is 0 Å². The standard InChI is InChI=1S/C26H20ClIN2O6/c1-2-35-22-13-16(11-20(28)23(22)36-14-15-4-3-5-17(10-15)25(32)33)12-21-24(31)30(26(34)29-21)19-8-6-18(27)7-9-19/h3-13H,2,14H2,1H3,(H,29,34)(H,32,33)/b21-12+. The van der Waals surface area contributed by atoms with Crippen molar-refractivity contribution in [3.8, 4) is 11.5 Å². The number of carboxylic acids is 1. The monoisotopic (exact) mass is 618 g/mol. The number of benzene rings is 3. The maximum atomic E-state index is 12.9. The van der Waals surface area contributed by atoms with Crippen LogP contribution >= 0.6 is 34.2 Å². The van der Waals surface area contributed by atoms with Gasteiger partial charge in [-0.1, -0.05) is 23.7 Å².